The van der Waals surface area contributed by atoms with Crippen LogP contribution in [0.3, 0.4) is 0 Å². The molecule has 0 N–H and O–H groups in total. The third-order valence-corrected chi connectivity index (χ3v) is 15.5. The first-order valence-corrected chi connectivity index (χ1v) is 22.4. The lowest BCUT2D eigenvalue weighted by atomic mass is 9.53. The zero-order valence-corrected chi connectivity index (χ0v) is 35.0. The Morgan fingerprint density at radius 1 is 0.689 bits per heavy atom. The largest absolute Gasteiger partial charge is 0.455 e. The van der Waals surface area contributed by atoms with Crippen LogP contribution in [0.15, 0.2) is 186 Å². The molecule has 2 aromatic heterocycles. The minimum atomic E-state index is -0.426. The molecule has 61 heavy (non-hydrogen) atoms. The topological polar surface area (TPSA) is 21.3 Å². The Hall–Kier alpha value is -6.58. The van der Waals surface area contributed by atoms with Crippen molar-refractivity contribution in [2.75, 3.05) is 4.90 Å². The second kappa shape index (κ2) is 12.7. The highest BCUT2D eigenvalue weighted by molar-refractivity contribution is 6.26. The summed E-state index contributed by atoms with van der Waals surface area (Å²) >= 11 is 0. The first-order valence-electron chi connectivity index (χ1n) is 22.4. The summed E-state index contributed by atoms with van der Waals surface area (Å²) in [6.07, 6.45) is 19.1. The van der Waals surface area contributed by atoms with Gasteiger partial charge in [0.15, 0.2) is 0 Å². The van der Waals surface area contributed by atoms with Crippen LogP contribution in [0.5, 0.6) is 0 Å². The van der Waals surface area contributed by atoms with Gasteiger partial charge in [-0.2, -0.15) is 0 Å². The van der Waals surface area contributed by atoms with E-state index >= 15 is 0 Å². The van der Waals surface area contributed by atoms with Crippen LogP contribution in [0, 0.1) is 17.8 Å². The zero-order valence-electron chi connectivity index (χ0n) is 35.0. The second-order valence-electron chi connectivity index (χ2n) is 18.6. The summed E-state index contributed by atoms with van der Waals surface area (Å²) in [5.41, 5.74) is 17.5. The Morgan fingerprint density at radius 2 is 1.43 bits per heavy atom. The first kappa shape index (κ1) is 35.2. The minimum Gasteiger partial charge on any atom is -0.455 e. The van der Waals surface area contributed by atoms with Crippen LogP contribution in [0.2, 0.25) is 0 Å². The van der Waals surface area contributed by atoms with Crippen LogP contribution in [0.1, 0.15) is 68.7 Å². The molecule has 8 aromatic rings. The minimum absolute atomic E-state index is 0.107. The van der Waals surface area contributed by atoms with Gasteiger partial charge in [-0.05, 0) is 119 Å². The molecule has 4 aliphatic carbocycles. The van der Waals surface area contributed by atoms with E-state index in [1.165, 1.54) is 88.7 Å². The lowest BCUT2D eigenvalue weighted by molar-refractivity contribution is 0.212. The number of para-hydroxylation sites is 3. The number of nitrogens with zero attached hydrogens (tertiary/aromatic N) is 2. The van der Waals surface area contributed by atoms with Crippen LogP contribution in [0.4, 0.5) is 11.4 Å². The van der Waals surface area contributed by atoms with Gasteiger partial charge in [0.05, 0.1) is 21.8 Å². The summed E-state index contributed by atoms with van der Waals surface area (Å²) in [6.45, 7) is 7.53. The third-order valence-electron chi connectivity index (χ3n) is 15.5. The summed E-state index contributed by atoms with van der Waals surface area (Å²) < 4.78 is 9.54. The SMILES string of the molecule is CC1C=C2C(=CC1)n1c3ccccc3c3c4oc5ccccc5c4cc(c31)C21c2ccccc2C2(C)C(C)CC(c3ccc(N(C4=CCCC=C4)c4ccccc4)cc3)=CC12. The fraction of sp³-hybridized carbons (Fsp3) is 0.207. The number of anilines is 2. The van der Waals surface area contributed by atoms with Crippen LogP contribution >= 0.6 is 0 Å². The molecule has 1 spiro atoms. The lowest BCUT2D eigenvalue weighted by Crippen LogP contribution is -2.47. The van der Waals surface area contributed by atoms with Gasteiger partial charge in [0, 0.05) is 50.3 Å². The highest BCUT2D eigenvalue weighted by Gasteiger charge is 2.64. The van der Waals surface area contributed by atoms with E-state index < -0.39 is 5.41 Å². The van der Waals surface area contributed by atoms with E-state index in [0.717, 1.165) is 36.8 Å². The van der Waals surface area contributed by atoms with Gasteiger partial charge in [-0.25, -0.2) is 0 Å². The highest BCUT2D eigenvalue weighted by Crippen LogP contribution is 2.70. The van der Waals surface area contributed by atoms with E-state index in [4.69, 9.17) is 4.42 Å². The first-order chi connectivity index (χ1) is 30.0. The molecule has 13 rings (SSSR count). The monoisotopic (exact) mass is 788 g/mol. The number of furan rings is 1. The highest BCUT2D eigenvalue weighted by atomic mass is 16.3. The van der Waals surface area contributed by atoms with Gasteiger partial charge in [0.1, 0.15) is 11.2 Å². The van der Waals surface area contributed by atoms with Crippen molar-refractivity contribution in [3.63, 3.8) is 0 Å². The van der Waals surface area contributed by atoms with Gasteiger partial charge in [-0.3, -0.25) is 0 Å². The molecular formula is C58H48N2O. The van der Waals surface area contributed by atoms with Crippen LogP contribution < -0.4 is 4.90 Å². The number of hydrogen-bond acceptors (Lipinski definition) is 2. The molecule has 3 nitrogen and oxygen atoms in total. The van der Waals surface area contributed by atoms with Crippen molar-refractivity contribution in [2.24, 2.45) is 17.8 Å². The van der Waals surface area contributed by atoms with E-state index in [1.54, 1.807) is 0 Å². The second-order valence-corrected chi connectivity index (χ2v) is 18.6. The summed E-state index contributed by atoms with van der Waals surface area (Å²) in [5, 5.41) is 4.88. The third kappa shape index (κ3) is 4.59. The van der Waals surface area contributed by atoms with Gasteiger partial charge < -0.3 is 13.9 Å². The van der Waals surface area contributed by atoms with Gasteiger partial charge in [0.2, 0.25) is 0 Å². The number of fused-ring (bicyclic) bond motifs is 16. The fourth-order valence-electron chi connectivity index (χ4n) is 12.6. The van der Waals surface area contributed by atoms with Gasteiger partial charge in [-0.15, -0.1) is 0 Å². The Morgan fingerprint density at radius 3 is 2.25 bits per heavy atom. The fourth-order valence-corrected chi connectivity index (χ4v) is 12.6. The van der Waals surface area contributed by atoms with E-state index in [9.17, 15) is 0 Å². The van der Waals surface area contributed by atoms with Crippen molar-refractivity contribution in [2.45, 2.75) is 57.3 Å². The number of aromatic nitrogens is 1. The van der Waals surface area contributed by atoms with E-state index in [0.29, 0.717) is 11.8 Å². The molecule has 5 unspecified atom stereocenters. The van der Waals surface area contributed by atoms with Crippen molar-refractivity contribution in [3.05, 3.63) is 203 Å². The molecule has 3 heterocycles. The molecule has 6 aromatic carbocycles. The van der Waals surface area contributed by atoms with Gasteiger partial charge >= 0.3 is 0 Å². The molecule has 296 valence electrons. The summed E-state index contributed by atoms with van der Waals surface area (Å²) in [5.74, 6) is 0.984. The molecule has 0 saturated carbocycles. The smallest absolute Gasteiger partial charge is 0.145 e. The number of benzene rings is 6. The Balaban J connectivity index is 1.09. The molecule has 0 amide bonds. The van der Waals surface area contributed by atoms with Crippen molar-refractivity contribution in [3.8, 4) is 0 Å². The van der Waals surface area contributed by atoms with Crippen molar-refractivity contribution in [1.29, 1.82) is 0 Å². The maximum absolute atomic E-state index is 6.93. The Kier molecular flexibility index (Phi) is 7.34. The van der Waals surface area contributed by atoms with Crippen molar-refractivity contribution in [1.82, 2.24) is 4.57 Å². The maximum Gasteiger partial charge on any atom is 0.145 e. The van der Waals surface area contributed by atoms with E-state index in [1.807, 2.05) is 0 Å². The van der Waals surface area contributed by atoms with Crippen molar-refractivity contribution < 1.29 is 4.42 Å². The molecule has 0 fully saturated rings. The van der Waals surface area contributed by atoms with E-state index in [2.05, 4.69) is 200 Å². The van der Waals surface area contributed by atoms with Crippen LogP contribution in [-0.4, -0.2) is 4.57 Å². The van der Waals surface area contributed by atoms with Crippen LogP contribution in [-0.2, 0) is 10.8 Å². The summed E-state index contributed by atoms with van der Waals surface area (Å²) in [7, 11) is 0. The molecule has 0 bridgehead atoms. The Bertz CT molecular complexity index is 3310. The van der Waals surface area contributed by atoms with Gasteiger partial charge in [0.25, 0.3) is 0 Å². The normalized spacial score (nSPS) is 25.0. The number of hydrogen-bond donors (Lipinski definition) is 0. The molecule has 3 heteroatoms. The van der Waals surface area contributed by atoms with Crippen molar-refractivity contribution >= 4 is 66.4 Å². The Labute approximate surface area is 357 Å². The lowest BCUT2D eigenvalue weighted by Gasteiger charge is -2.51. The molecule has 1 aliphatic heterocycles. The van der Waals surface area contributed by atoms with Gasteiger partial charge in [-0.1, -0.05) is 142 Å². The number of allylic oxidation sites excluding steroid dienone is 9. The standard InChI is InChI=1S/C58H48N2O/c1-36-26-31-51-48(32-36)58(49-35-45-43-20-11-15-25-52(43)61-56(45)54-44-21-10-14-24-50(44)60(51)55(49)54)47-23-13-12-22-46(47)57(3)37(2)33-39(34-53(57)58)38-27-29-42(30-28-38)59(40-16-6-4-7-17-40)41-18-8-5-9-19-41/h4,6-8,10-25,27-32,34-37,53H,5,9,26,33H2,1-3H3. The van der Waals surface area contributed by atoms with Crippen LogP contribution in [0.25, 0.3) is 55.0 Å². The summed E-state index contributed by atoms with van der Waals surface area (Å²) in [4.78, 5) is 2.41. The molecular weight excluding hydrogens is 741 g/mol. The number of rotatable bonds is 4. The average molecular weight is 789 g/mol. The molecule has 0 radical (unpaired) electrons. The quantitative estimate of drug-likeness (QED) is 0.177. The predicted octanol–water partition coefficient (Wildman–Crippen LogP) is 15.2. The molecule has 5 aliphatic rings. The maximum atomic E-state index is 6.93. The van der Waals surface area contributed by atoms with E-state index in [-0.39, 0.29) is 11.3 Å². The zero-order chi connectivity index (χ0) is 40.6. The molecule has 0 saturated heterocycles. The molecule has 5 atom stereocenters. The average Bonchev–Trinajstić information content (AvgIpc) is 3.92. The summed E-state index contributed by atoms with van der Waals surface area (Å²) in [6, 6.07) is 50.1. The predicted molar refractivity (Wildman–Crippen MR) is 254 cm³/mol.